The average Bonchev–Trinajstić information content (AvgIpc) is 3.07. The normalized spacial score (nSPS) is 22.3. The second-order valence-electron chi connectivity index (χ2n) is 7.19. The average molecular weight is 257 g/mol. The Morgan fingerprint density at radius 3 is 2.21 bits per heavy atom. The maximum Gasteiger partial charge on any atom is 0.00885 e. The van der Waals surface area contributed by atoms with E-state index in [-0.39, 0.29) is 0 Å². The van der Waals surface area contributed by atoms with Crippen LogP contribution in [0.25, 0.3) is 0 Å². The molecule has 19 heavy (non-hydrogen) atoms. The van der Waals surface area contributed by atoms with Crippen LogP contribution in [0.2, 0.25) is 0 Å². The molecular formula is C18H27N. The van der Waals surface area contributed by atoms with Gasteiger partial charge in [-0.1, -0.05) is 36.2 Å². The number of hydrogen-bond acceptors (Lipinski definition) is 1. The van der Waals surface area contributed by atoms with Gasteiger partial charge in [-0.3, -0.25) is 0 Å². The summed E-state index contributed by atoms with van der Waals surface area (Å²) in [5.74, 6) is 0. The van der Waals surface area contributed by atoms with E-state index >= 15 is 0 Å². The third-order valence-corrected chi connectivity index (χ3v) is 5.11. The summed E-state index contributed by atoms with van der Waals surface area (Å²) in [6.07, 6.45) is 7.02. The van der Waals surface area contributed by atoms with E-state index in [1.165, 1.54) is 49.8 Å². The minimum atomic E-state index is 0.433. The van der Waals surface area contributed by atoms with Gasteiger partial charge in [-0.25, -0.2) is 0 Å². The molecule has 0 atom stereocenters. The van der Waals surface area contributed by atoms with Crippen LogP contribution in [-0.2, 0) is 5.41 Å². The zero-order chi connectivity index (χ0) is 13.5. The summed E-state index contributed by atoms with van der Waals surface area (Å²) in [5.41, 5.74) is 5.61. The van der Waals surface area contributed by atoms with E-state index in [9.17, 15) is 0 Å². The Morgan fingerprint density at radius 2 is 1.68 bits per heavy atom. The molecule has 0 amide bonds. The minimum absolute atomic E-state index is 0.433. The standard InChI is InChI=1S/C18H27N/c1-4-7-19-13-18(11-17(12-18)5-6-17)16-9-14(2)8-15(3)10-16/h8-10,19H,4-7,11-13H2,1-3H3. The Labute approximate surface area is 117 Å². The predicted octanol–water partition coefficient (Wildman–Crippen LogP) is 4.11. The van der Waals surface area contributed by atoms with Crippen molar-refractivity contribution in [2.75, 3.05) is 13.1 Å². The first-order chi connectivity index (χ1) is 9.07. The van der Waals surface area contributed by atoms with Crippen molar-refractivity contribution in [1.29, 1.82) is 0 Å². The van der Waals surface area contributed by atoms with Crippen molar-refractivity contribution in [3.8, 4) is 0 Å². The smallest absolute Gasteiger partial charge is 0.00885 e. The molecule has 2 aliphatic carbocycles. The zero-order valence-electron chi connectivity index (χ0n) is 12.7. The van der Waals surface area contributed by atoms with E-state index in [4.69, 9.17) is 0 Å². The van der Waals surface area contributed by atoms with Gasteiger partial charge in [0.1, 0.15) is 0 Å². The number of hydrogen-bond donors (Lipinski definition) is 1. The summed E-state index contributed by atoms with van der Waals surface area (Å²) in [6.45, 7) is 9.04. The van der Waals surface area contributed by atoms with Crippen LogP contribution in [0.1, 0.15) is 55.7 Å². The summed E-state index contributed by atoms with van der Waals surface area (Å²) in [4.78, 5) is 0. The lowest BCUT2D eigenvalue weighted by molar-refractivity contribution is 0.116. The lowest BCUT2D eigenvalue weighted by atomic mass is 9.56. The molecule has 1 aromatic rings. The van der Waals surface area contributed by atoms with Crippen molar-refractivity contribution in [3.05, 3.63) is 34.9 Å². The zero-order valence-corrected chi connectivity index (χ0v) is 12.7. The molecule has 1 spiro atoms. The summed E-state index contributed by atoms with van der Waals surface area (Å²) < 4.78 is 0. The molecule has 1 N–H and O–H groups in total. The van der Waals surface area contributed by atoms with Crippen LogP contribution < -0.4 is 5.32 Å². The van der Waals surface area contributed by atoms with Crippen LogP contribution in [-0.4, -0.2) is 13.1 Å². The van der Waals surface area contributed by atoms with E-state index in [1.54, 1.807) is 5.56 Å². The van der Waals surface area contributed by atoms with Crippen LogP contribution in [0.4, 0.5) is 0 Å². The van der Waals surface area contributed by atoms with Gasteiger partial charge < -0.3 is 5.32 Å². The molecule has 2 fully saturated rings. The molecule has 2 saturated carbocycles. The largest absolute Gasteiger partial charge is 0.316 e. The van der Waals surface area contributed by atoms with E-state index in [2.05, 4.69) is 44.3 Å². The van der Waals surface area contributed by atoms with Gasteiger partial charge in [-0.2, -0.15) is 0 Å². The van der Waals surface area contributed by atoms with Crippen molar-refractivity contribution in [2.24, 2.45) is 5.41 Å². The lowest BCUT2D eigenvalue weighted by Crippen LogP contribution is -2.49. The number of benzene rings is 1. The van der Waals surface area contributed by atoms with Gasteiger partial charge in [0, 0.05) is 12.0 Å². The molecule has 3 rings (SSSR count). The second kappa shape index (κ2) is 4.63. The lowest BCUT2D eigenvalue weighted by Gasteiger charge is -2.50. The molecule has 1 aromatic carbocycles. The summed E-state index contributed by atoms with van der Waals surface area (Å²) in [6, 6.07) is 7.15. The van der Waals surface area contributed by atoms with Gasteiger partial charge >= 0.3 is 0 Å². The fraction of sp³-hybridized carbons (Fsp3) is 0.667. The molecule has 1 heteroatoms. The van der Waals surface area contributed by atoms with Crippen molar-refractivity contribution in [2.45, 2.75) is 58.3 Å². The molecule has 0 heterocycles. The first-order valence-electron chi connectivity index (χ1n) is 7.87. The topological polar surface area (TPSA) is 12.0 Å². The van der Waals surface area contributed by atoms with Crippen molar-refractivity contribution < 1.29 is 0 Å². The molecule has 1 nitrogen and oxygen atoms in total. The summed E-state index contributed by atoms with van der Waals surface area (Å²) >= 11 is 0. The van der Waals surface area contributed by atoms with Gasteiger partial charge in [-0.15, -0.1) is 0 Å². The van der Waals surface area contributed by atoms with Crippen LogP contribution in [0, 0.1) is 19.3 Å². The Balaban J connectivity index is 1.82. The third kappa shape index (κ3) is 2.45. The molecule has 0 radical (unpaired) electrons. The highest BCUT2D eigenvalue weighted by Gasteiger charge is 2.60. The first-order valence-corrected chi connectivity index (χ1v) is 7.87. The van der Waals surface area contributed by atoms with E-state index in [1.807, 2.05) is 0 Å². The summed E-state index contributed by atoms with van der Waals surface area (Å²) in [5, 5.41) is 3.68. The quantitative estimate of drug-likeness (QED) is 0.783. The SMILES string of the molecule is CCCNCC1(c2cc(C)cc(C)c2)CC2(CC2)C1. The van der Waals surface area contributed by atoms with Crippen LogP contribution in [0.5, 0.6) is 0 Å². The molecular weight excluding hydrogens is 230 g/mol. The third-order valence-electron chi connectivity index (χ3n) is 5.11. The monoisotopic (exact) mass is 257 g/mol. The van der Waals surface area contributed by atoms with Gasteiger partial charge in [0.15, 0.2) is 0 Å². The van der Waals surface area contributed by atoms with Crippen molar-refractivity contribution in [1.82, 2.24) is 5.32 Å². The van der Waals surface area contributed by atoms with Crippen molar-refractivity contribution in [3.63, 3.8) is 0 Å². The number of rotatable bonds is 5. The number of nitrogens with one attached hydrogen (secondary N) is 1. The van der Waals surface area contributed by atoms with Gasteiger partial charge in [0.2, 0.25) is 0 Å². The fourth-order valence-corrected chi connectivity index (χ4v) is 4.13. The van der Waals surface area contributed by atoms with Crippen LogP contribution >= 0.6 is 0 Å². The Kier molecular flexibility index (Phi) is 3.21. The molecule has 2 aliphatic rings. The Morgan fingerprint density at radius 1 is 1.05 bits per heavy atom. The van der Waals surface area contributed by atoms with E-state index in [0.717, 1.165) is 12.0 Å². The predicted molar refractivity (Wildman–Crippen MR) is 81.7 cm³/mol. The highest BCUT2D eigenvalue weighted by atomic mass is 14.9. The molecule has 0 aliphatic heterocycles. The van der Waals surface area contributed by atoms with E-state index in [0.29, 0.717) is 5.41 Å². The molecule has 0 saturated heterocycles. The van der Waals surface area contributed by atoms with E-state index < -0.39 is 0 Å². The fourth-order valence-electron chi connectivity index (χ4n) is 4.13. The highest BCUT2D eigenvalue weighted by molar-refractivity contribution is 5.38. The molecule has 0 unspecified atom stereocenters. The highest BCUT2D eigenvalue weighted by Crippen LogP contribution is 2.68. The summed E-state index contributed by atoms with van der Waals surface area (Å²) in [7, 11) is 0. The number of aryl methyl sites for hydroxylation is 2. The second-order valence-corrected chi connectivity index (χ2v) is 7.19. The Bertz CT molecular complexity index is 442. The minimum Gasteiger partial charge on any atom is -0.316 e. The maximum atomic E-state index is 3.68. The molecule has 0 bridgehead atoms. The van der Waals surface area contributed by atoms with Gasteiger partial charge in [-0.05, 0) is 63.5 Å². The van der Waals surface area contributed by atoms with Crippen LogP contribution in [0.3, 0.4) is 0 Å². The van der Waals surface area contributed by atoms with Gasteiger partial charge in [0.25, 0.3) is 0 Å². The van der Waals surface area contributed by atoms with Gasteiger partial charge in [0.05, 0.1) is 0 Å². The first kappa shape index (κ1) is 13.2. The van der Waals surface area contributed by atoms with Crippen LogP contribution in [0.15, 0.2) is 18.2 Å². The van der Waals surface area contributed by atoms with Crippen molar-refractivity contribution >= 4 is 0 Å². The maximum absolute atomic E-state index is 3.68. The molecule has 0 aromatic heterocycles. The Hall–Kier alpha value is -0.820. The molecule has 104 valence electrons.